The van der Waals surface area contributed by atoms with Crippen molar-refractivity contribution in [1.29, 1.82) is 0 Å². The topological polar surface area (TPSA) is 59.0 Å². The number of hydrogen-bond acceptors (Lipinski definition) is 4. The Balaban J connectivity index is 1.53. The summed E-state index contributed by atoms with van der Waals surface area (Å²) in [5.41, 5.74) is 0. The van der Waals surface area contributed by atoms with Gasteiger partial charge in [0, 0.05) is 51.7 Å². The maximum atomic E-state index is 12.2. The number of amides is 2. The molecule has 2 rings (SSSR count). The number of aliphatic hydroxyl groups is 1. The molecule has 6 heteroatoms. The number of carbonyl (C=O) groups excluding carboxylic acids is 1. The van der Waals surface area contributed by atoms with Gasteiger partial charge in [0.2, 0.25) is 0 Å². The van der Waals surface area contributed by atoms with Gasteiger partial charge in [0.1, 0.15) is 0 Å². The fourth-order valence-electron chi connectivity index (χ4n) is 3.68. The molecule has 0 bridgehead atoms. The number of piperazine rings is 1. The van der Waals surface area contributed by atoms with Gasteiger partial charge in [0.15, 0.2) is 0 Å². The van der Waals surface area contributed by atoms with Crippen LogP contribution in [0.3, 0.4) is 0 Å². The number of urea groups is 1. The molecule has 2 amide bonds. The minimum Gasteiger partial charge on any atom is -0.393 e. The van der Waals surface area contributed by atoms with E-state index in [2.05, 4.69) is 22.0 Å². The Morgan fingerprint density at radius 3 is 2.54 bits per heavy atom. The fraction of sp³-hybridized carbons (Fsp3) is 0.944. The van der Waals surface area contributed by atoms with Crippen LogP contribution in [-0.2, 0) is 0 Å². The lowest BCUT2D eigenvalue weighted by molar-refractivity contribution is 0.0739. The third-order valence-corrected chi connectivity index (χ3v) is 5.52. The smallest absolute Gasteiger partial charge is 0.317 e. The molecule has 2 unspecified atom stereocenters. The summed E-state index contributed by atoms with van der Waals surface area (Å²) in [5, 5.41) is 12.8. The van der Waals surface area contributed by atoms with E-state index in [-0.39, 0.29) is 18.1 Å². The summed E-state index contributed by atoms with van der Waals surface area (Å²) < 4.78 is 0. The molecule has 0 saturated carbocycles. The van der Waals surface area contributed by atoms with Crippen molar-refractivity contribution in [3.05, 3.63) is 0 Å². The SMILES string of the molecule is CCN1CCN(CCCCNC(=O)N2CCCC(C(C)O)C2)CC1. The molecule has 140 valence electrons. The lowest BCUT2D eigenvalue weighted by Gasteiger charge is -2.34. The van der Waals surface area contributed by atoms with E-state index in [1.54, 1.807) is 0 Å². The normalized spacial score (nSPS) is 24.8. The highest BCUT2D eigenvalue weighted by atomic mass is 16.3. The van der Waals surface area contributed by atoms with Crippen LogP contribution in [0.2, 0.25) is 0 Å². The first-order chi connectivity index (χ1) is 11.6. The van der Waals surface area contributed by atoms with Crippen molar-refractivity contribution >= 4 is 6.03 Å². The second-order valence-corrected chi connectivity index (χ2v) is 7.30. The molecule has 0 aromatic heterocycles. The van der Waals surface area contributed by atoms with E-state index in [9.17, 15) is 9.90 Å². The van der Waals surface area contributed by atoms with Gasteiger partial charge in [-0.15, -0.1) is 0 Å². The molecule has 2 aliphatic heterocycles. The van der Waals surface area contributed by atoms with Gasteiger partial charge in [-0.3, -0.25) is 0 Å². The maximum absolute atomic E-state index is 12.2. The summed E-state index contributed by atoms with van der Waals surface area (Å²) >= 11 is 0. The van der Waals surface area contributed by atoms with E-state index < -0.39 is 0 Å². The number of hydrogen-bond donors (Lipinski definition) is 2. The number of rotatable bonds is 7. The van der Waals surface area contributed by atoms with Crippen LogP contribution in [0, 0.1) is 5.92 Å². The predicted molar refractivity (Wildman–Crippen MR) is 97.2 cm³/mol. The molecule has 2 aliphatic rings. The molecule has 0 aromatic rings. The number of unbranched alkanes of at least 4 members (excludes halogenated alkanes) is 1. The summed E-state index contributed by atoms with van der Waals surface area (Å²) in [6, 6.07) is 0.0388. The number of nitrogens with zero attached hydrogens (tertiary/aromatic N) is 3. The quantitative estimate of drug-likeness (QED) is 0.684. The van der Waals surface area contributed by atoms with E-state index in [1.165, 1.54) is 26.2 Å². The van der Waals surface area contributed by atoms with E-state index in [0.29, 0.717) is 6.54 Å². The summed E-state index contributed by atoms with van der Waals surface area (Å²) in [5.74, 6) is 0.228. The minimum atomic E-state index is -0.325. The molecule has 2 atom stereocenters. The van der Waals surface area contributed by atoms with Gasteiger partial charge in [-0.25, -0.2) is 4.79 Å². The molecular formula is C18H36N4O2. The summed E-state index contributed by atoms with van der Waals surface area (Å²) in [6.07, 6.45) is 3.86. The summed E-state index contributed by atoms with van der Waals surface area (Å²) in [7, 11) is 0. The Hall–Kier alpha value is -0.850. The Bertz CT molecular complexity index is 370. The standard InChI is InChI=1S/C18H36N4O2/c1-3-20-11-13-21(14-12-20)9-5-4-8-19-18(24)22-10-6-7-17(15-22)16(2)23/h16-17,23H,3-15H2,1-2H3,(H,19,24). The van der Waals surface area contributed by atoms with Crippen molar-refractivity contribution in [3.63, 3.8) is 0 Å². The average Bonchev–Trinajstić information content (AvgIpc) is 2.62. The zero-order valence-electron chi connectivity index (χ0n) is 15.5. The highest BCUT2D eigenvalue weighted by Crippen LogP contribution is 2.19. The first-order valence-corrected chi connectivity index (χ1v) is 9.75. The highest BCUT2D eigenvalue weighted by molar-refractivity contribution is 5.74. The van der Waals surface area contributed by atoms with Crippen LogP contribution in [0.4, 0.5) is 4.79 Å². The number of likely N-dealkylation sites (tertiary alicyclic amines) is 1. The van der Waals surface area contributed by atoms with Gasteiger partial charge in [0.05, 0.1) is 6.10 Å². The van der Waals surface area contributed by atoms with Crippen molar-refractivity contribution in [2.24, 2.45) is 5.92 Å². The van der Waals surface area contributed by atoms with Crippen LogP contribution in [0.5, 0.6) is 0 Å². The second-order valence-electron chi connectivity index (χ2n) is 7.30. The van der Waals surface area contributed by atoms with Gasteiger partial charge < -0.3 is 25.1 Å². The summed E-state index contributed by atoms with van der Waals surface area (Å²) in [6.45, 7) is 13.3. The first-order valence-electron chi connectivity index (χ1n) is 9.75. The molecule has 0 spiro atoms. The molecule has 0 aromatic carbocycles. The lowest BCUT2D eigenvalue weighted by Crippen LogP contribution is -2.47. The summed E-state index contributed by atoms with van der Waals surface area (Å²) in [4.78, 5) is 19.1. The van der Waals surface area contributed by atoms with Gasteiger partial charge in [0.25, 0.3) is 0 Å². The van der Waals surface area contributed by atoms with E-state index >= 15 is 0 Å². The van der Waals surface area contributed by atoms with Crippen molar-refractivity contribution in [3.8, 4) is 0 Å². The molecule has 2 heterocycles. The Kier molecular flexibility index (Phi) is 8.29. The van der Waals surface area contributed by atoms with Gasteiger partial charge in [-0.2, -0.15) is 0 Å². The second kappa shape index (κ2) is 10.2. The van der Waals surface area contributed by atoms with Gasteiger partial charge in [-0.05, 0) is 45.7 Å². The number of nitrogens with one attached hydrogen (secondary N) is 1. The Morgan fingerprint density at radius 1 is 1.17 bits per heavy atom. The Morgan fingerprint density at radius 2 is 1.88 bits per heavy atom. The van der Waals surface area contributed by atoms with Crippen molar-refractivity contribution < 1.29 is 9.90 Å². The van der Waals surface area contributed by atoms with Crippen molar-refractivity contribution in [1.82, 2.24) is 20.0 Å². The molecule has 2 fully saturated rings. The number of aliphatic hydroxyl groups excluding tert-OH is 1. The fourth-order valence-corrected chi connectivity index (χ4v) is 3.68. The lowest BCUT2D eigenvalue weighted by atomic mass is 9.94. The maximum Gasteiger partial charge on any atom is 0.317 e. The molecule has 6 nitrogen and oxygen atoms in total. The van der Waals surface area contributed by atoms with E-state index in [0.717, 1.165) is 51.9 Å². The molecular weight excluding hydrogens is 304 g/mol. The van der Waals surface area contributed by atoms with Crippen LogP contribution in [0.15, 0.2) is 0 Å². The number of carbonyl (C=O) groups is 1. The van der Waals surface area contributed by atoms with Crippen molar-refractivity contribution in [2.45, 2.75) is 45.6 Å². The number of likely N-dealkylation sites (N-methyl/N-ethyl adjacent to an activating group) is 1. The molecule has 24 heavy (non-hydrogen) atoms. The average molecular weight is 341 g/mol. The van der Waals surface area contributed by atoms with E-state index in [1.807, 2.05) is 11.8 Å². The first kappa shape index (κ1) is 19.5. The van der Waals surface area contributed by atoms with Gasteiger partial charge in [-0.1, -0.05) is 6.92 Å². The largest absolute Gasteiger partial charge is 0.393 e. The van der Waals surface area contributed by atoms with Gasteiger partial charge >= 0.3 is 6.03 Å². The highest BCUT2D eigenvalue weighted by Gasteiger charge is 2.26. The monoisotopic (exact) mass is 340 g/mol. The molecule has 2 N–H and O–H groups in total. The molecule has 2 saturated heterocycles. The predicted octanol–water partition coefficient (Wildman–Crippen LogP) is 1.21. The number of piperidine rings is 1. The van der Waals surface area contributed by atoms with Crippen LogP contribution >= 0.6 is 0 Å². The zero-order chi connectivity index (χ0) is 17.4. The van der Waals surface area contributed by atoms with Crippen LogP contribution < -0.4 is 5.32 Å². The van der Waals surface area contributed by atoms with Crippen molar-refractivity contribution in [2.75, 3.05) is 58.9 Å². The van der Waals surface area contributed by atoms with E-state index in [4.69, 9.17) is 0 Å². The minimum absolute atomic E-state index is 0.0388. The molecule has 0 aliphatic carbocycles. The zero-order valence-corrected chi connectivity index (χ0v) is 15.5. The third kappa shape index (κ3) is 6.22. The Labute approximate surface area is 147 Å². The van der Waals surface area contributed by atoms with Crippen LogP contribution in [0.1, 0.15) is 39.5 Å². The molecule has 0 radical (unpaired) electrons. The van der Waals surface area contributed by atoms with Crippen LogP contribution in [0.25, 0.3) is 0 Å². The third-order valence-electron chi connectivity index (χ3n) is 5.52. The van der Waals surface area contributed by atoms with Crippen LogP contribution in [-0.4, -0.2) is 90.8 Å².